The molecule has 4 rings (SSSR count). The Morgan fingerprint density at radius 3 is 2.10 bits per heavy atom. The number of carbonyl (C=O) groups excluding carboxylic acids is 5. The Balaban J connectivity index is 1.33. The maximum Gasteiger partial charge on any atom is 0.303 e. The second-order valence-corrected chi connectivity index (χ2v) is 9.36. The number of amides is 2. The van der Waals surface area contributed by atoms with E-state index in [2.05, 4.69) is 10.3 Å². The summed E-state index contributed by atoms with van der Waals surface area (Å²) in [5.41, 5.74) is 1.54. The standard InChI is InChI=1S/C26H30N4O9/c1-15(31)36-14-22-24(38-17(3)33)23(37-16(2)32)21(39-22)13-29-12-18(27-28-29)8-6-7-11-30-25(34)19-9-4-5-10-20(19)26(30)35/h4-5,9-10,12,21-24H,6-8,11,13-14H2,1-3H3/t21-,22+,23+,24+/m0/s1. The molecule has 0 aliphatic carbocycles. The molecule has 39 heavy (non-hydrogen) atoms. The van der Waals surface area contributed by atoms with Crippen molar-refractivity contribution in [2.75, 3.05) is 13.2 Å². The van der Waals surface area contributed by atoms with Crippen LogP contribution >= 0.6 is 0 Å². The van der Waals surface area contributed by atoms with Gasteiger partial charge < -0.3 is 18.9 Å². The lowest BCUT2D eigenvalue weighted by Gasteiger charge is -2.23. The minimum atomic E-state index is -0.971. The number of hydrogen-bond donors (Lipinski definition) is 0. The lowest BCUT2D eigenvalue weighted by molar-refractivity contribution is -0.165. The fourth-order valence-electron chi connectivity index (χ4n) is 4.70. The highest BCUT2D eigenvalue weighted by atomic mass is 16.6. The summed E-state index contributed by atoms with van der Waals surface area (Å²) in [6.07, 6.45) is 0.0465. The molecule has 13 heteroatoms. The Bertz CT molecular complexity index is 1220. The largest absolute Gasteiger partial charge is 0.463 e. The van der Waals surface area contributed by atoms with E-state index in [1.54, 1.807) is 30.5 Å². The highest BCUT2D eigenvalue weighted by Gasteiger charge is 2.49. The summed E-state index contributed by atoms with van der Waals surface area (Å²) in [5, 5.41) is 8.29. The SMILES string of the molecule is CC(=O)OC[C@H]1O[C@@H](Cn2cc(CCCCN3C(=O)c4ccccc4C3=O)nn2)[C@@H](OC(C)=O)[C@@H]1OC(C)=O. The van der Waals surface area contributed by atoms with E-state index in [1.165, 1.54) is 30.4 Å². The van der Waals surface area contributed by atoms with Crippen molar-refractivity contribution in [3.63, 3.8) is 0 Å². The molecular weight excluding hydrogens is 512 g/mol. The van der Waals surface area contributed by atoms with Gasteiger partial charge in [-0.05, 0) is 31.4 Å². The maximum atomic E-state index is 12.5. The molecule has 13 nitrogen and oxygen atoms in total. The van der Waals surface area contributed by atoms with Gasteiger partial charge in [0.05, 0.1) is 23.4 Å². The first-order valence-electron chi connectivity index (χ1n) is 12.6. The van der Waals surface area contributed by atoms with Crippen LogP contribution in [0.15, 0.2) is 30.5 Å². The van der Waals surface area contributed by atoms with E-state index in [4.69, 9.17) is 18.9 Å². The number of aryl methyl sites for hydroxylation is 1. The van der Waals surface area contributed by atoms with Crippen molar-refractivity contribution in [3.05, 3.63) is 47.3 Å². The molecule has 0 spiro atoms. The Hall–Kier alpha value is -4.13. The topological polar surface area (TPSA) is 156 Å². The molecule has 0 radical (unpaired) electrons. The Labute approximate surface area is 224 Å². The van der Waals surface area contributed by atoms with E-state index in [0.29, 0.717) is 42.6 Å². The summed E-state index contributed by atoms with van der Waals surface area (Å²) in [5.74, 6) is -2.27. The highest BCUT2D eigenvalue weighted by Crippen LogP contribution is 2.29. The summed E-state index contributed by atoms with van der Waals surface area (Å²) in [6.45, 7) is 3.96. The van der Waals surface area contributed by atoms with Gasteiger partial charge in [-0.1, -0.05) is 17.3 Å². The average molecular weight is 543 g/mol. The van der Waals surface area contributed by atoms with Gasteiger partial charge in [-0.25, -0.2) is 4.68 Å². The second kappa shape index (κ2) is 12.2. The number of carbonyl (C=O) groups is 5. The van der Waals surface area contributed by atoms with Crippen LogP contribution in [0.1, 0.15) is 60.0 Å². The van der Waals surface area contributed by atoms with E-state index in [-0.39, 0.29) is 25.0 Å². The van der Waals surface area contributed by atoms with Gasteiger partial charge in [0.1, 0.15) is 18.8 Å². The number of unbranched alkanes of at least 4 members (excludes halogenated alkanes) is 1. The fourth-order valence-corrected chi connectivity index (χ4v) is 4.70. The molecular formula is C26H30N4O9. The zero-order valence-corrected chi connectivity index (χ0v) is 21.9. The summed E-state index contributed by atoms with van der Waals surface area (Å²) in [6, 6.07) is 6.78. The van der Waals surface area contributed by atoms with Crippen molar-refractivity contribution in [3.8, 4) is 0 Å². The molecule has 4 atom stereocenters. The van der Waals surface area contributed by atoms with Gasteiger partial charge in [0.25, 0.3) is 11.8 Å². The Kier molecular flexibility index (Phi) is 8.69. The van der Waals surface area contributed by atoms with Gasteiger partial charge in [0.2, 0.25) is 0 Å². The Morgan fingerprint density at radius 1 is 0.897 bits per heavy atom. The third-order valence-electron chi connectivity index (χ3n) is 6.36. The van der Waals surface area contributed by atoms with Crippen LogP contribution in [-0.2, 0) is 46.3 Å². The molecule has 2 amide bonds. The number of aromatic nitrogens is 3. The zero-order valence-electron chi connectivity index (χ0n) is 21.9. The molecule has 1 aromatic heterocycles. The first-order chi connectivity index (χ1) is 18.6. The molecule has 208 valence electrons. The van der Waals surface area contributed by atoms with Crippen molar-refractivity contribution in [2.24, 2.45) is 0 Å². The minimum Gasteiger partial charge on any atom is -0.463 e. The van der Waals surface area contributed by atoms with Gasteiger partial charge in [-0.15, -0.1) is 5.10 Å². The predicted octanol–water partition coefficient (Wildman–Crippen LogP) is 1.09. The quantitative estimate of drug-likeness (QED) is 0.173. The van der Waals surface area contributed by atoms with Crippen molar-refractivity contribution in [1.29, 1.82) is 0 Å². The zero-order chi connectivity index (χ0) is 28.1. The number of fused-ring (bicyclic) bond motifs is 1. The van der Waals surface area contributed by atoms with Crippen LogP contribution in [-0.4, -0.2) is 87.2 Å². The molecule has 0 bridgehead atoms. The molecule has 1 saturated heterocycles. The van der Waals surface area contributed by atoms with Gasteiger partial charge >= 0.3 is 17.9 Å². The van der Waals surface area contributed by atoms with Gasteiger partial charge in [0, 0.05) is 33.5 Å². The summed E-state index contributed by atoms with van der Waals surface area (Å²) < 4.78 is 23.3. The summed E-state index contributed by atoms with van der Waals surface area (Å²) >= 11 is 0. The van der Waals surface area contributed by atoms with Crippen LogP contribution in [0, 0.1) is 0 Å². The minimum absolute atomic E-state index is 0.133. The van der Waals surface area contributed by atoms with Crippen LogP contribution in [0.25, 0.3) is 0 Å². The smallest absolute Gasteiger partial charge is 0.303 e. The van der Waals surface area contributed by atoms with Crippen molar-refractivity contribution in [2.45, 2.75) is 71.0 Å². The van der Waals surface area contributed by atoms with E-state index in [0.717, 1.165) is 0 Å². The molecule has 2 aliphatic heterocycles. The second-order valence-electron chi connectivity index (χ2n) is 9.36. The van der Waals surface area contributed by atoms with Crippen molar-refractivity contribution in [1.82, 2.24) is 19.9 Å². The van der Waals surface area contributed by atoms with Crippen LogP contribution in [0.4, 0.5) is 0 Å². The van der Waals surface area contributed by atoms with Crippen LogP contribution in [0.2, 0.25) is 0 Å². The first-order valence-corrected chi connectivity index (χ1v) is 12.6. The highest BCUT2D eigenvalue weighted by molar-refractivity contribution is 6.21. The predicted molar refractivity (Wildman–Crippen MR) is 131 cm³/mol. The lowest BCUT2D eigenvalue weighted by atomic mass is 10.1. The van der Waals surface area contributed by atoms with Crippen LogP contribution < -0.4 is 0 Å². The first kappa shape index (κ1) is 27.9. The van der Waals surface area contributed by atoms with Gasteiger partial charge in [-0.3, -0.25) is 28.9 Å². The molecule has 1 fully saturated rings. The number of nitrogens with zero attached hydrogens (tertiary/aromatic N) is 4. The average Bonchev–Trinajstić information content (AvgIpc) is 3.52. The monoisotopic (exact) mass is 542 g/mol. The van der Waals surface area contributed by atoms with Crippen LogP contribution in [0.3, 0.4) is 0 Å². The van der Waals surface area contributed by atoms with Crippen molar-refractivity contribution >= 4 is 29.7 Å². The fraction of sp³-hybridized carbons (Fsp3) is 0.500. The van der Waals surface area contributed by atoms with E-state index in [1.807, 2.05) is 0 Å². The summed E-state index contributed by atoms with van der Waals surface area (Å²) in [4.78, 5) is 61.0. The summed E-state index contributed by atoms with van der Waals surface area (Å²) in [7, 11) is 0. The third-order valence-corrected chi connectivity index (χ3v) is 6.36. The molecule has 0 saturated carbocycles. The van der Waals surface area contributed by atoms with E-state index in [9.17, 15) is 24.0 Å². The number of rotatable bonds is 11. The number of benzene rings is 1. The normalized spacial score (nSPS) is 22.1. The van der Waals surface area contributed by atoms with Crippen LogP contribution in [0.5, 0.6) is 0 Å². The number of ether oxygens (including phenoxy) is 4. The molecule has 0 unspecified atom stereocenters. The molecule has 2 aromatic rings. The molecule has 0 N–H and O–H groups in total. The Morgan fingerprint density at radius 2 is 1.51 bits per heavy atom. The lowest BCUT2D eigenvalue weighted by Crippen LogP contribution is -2.42. The number of esters is 3. The number of hydrogen-bond acceptors (Lipinski definition) is 11. The number of imide groups is 1. The van der Waals surface area contributed by atoms with Crippen molar-refractivity contribution < 1.29 is 42.9 Å². The van der Waals surface area contributed by atoms with E-state index >= 15 is 0 Å². The maximum absolute atomic E-state index is 12.5. The molecule has 1 aromatic carbocycles. The van der Waals surface area contributed by atoms with Gasteiger partial charge in [0.15, 0.2) is 12.2 Å². The van der Waals surface area contributed by atoms with E-state index < -0.39 is 42.3 Å². The van der Waals surface area contributed by atoms with Gasteiger partial charge in [-0.2, -0.15) is 0 Å². The molecule has 3 heterocycles. The molecule has 2 aliphatic rings. The third kappa shape index (κ3) is 6.66.